The molecule has 1 aromatic carbocycles. The lowest BCUT2D eigenvalue weighted by Gasteiger charge is -2.10. The lowest BCUT2D eigenvalue weighted by atomic mass is 10.1. The highest BCUT2D eigenvalue weighted by atomic mass is 32.2. The van der Waals surface area contributed by atoms with Crippen molar-refractivity contribution in [1.82, 2.24) is 0 Å². The normalized spacial score (nSPS) is 12.4. The maximum absolute atomic E-state index is 3.85. The van der Waals surface area contributed by atoms with Crippen molar-refractivity contribution >= 4 is 11.8 Å². The monoisotopic (exact) mass is 191 g/mol. The Morgan fingerprint density at radius 1 is 1.38 bits per heavy atom. The third-order valence-electron chi connectivity index (χ3n) is 1.75. The second-order valence-electron chi connectivity index (χ2n) is 2.78. The number of benzene rings is 1. The SMILES string of the molecule is C=CC(S[CH]CC)c1ccccc1. The Morgan fingerprint density at radius 3 is 2.62 bits per heavy atom. The van der Waals surface area contributed by atoms with Gasteiger partial charge < -0.3 is 0 Å². The average molecular weight is 191 g/mol. The highest BCUT2D eigenvalue weighted by Gasteiger charge is 2.05. The second kappa shape index (κ2) is 5.87. The van der Waals surface area contributed by atoms with Crippen LogP contribution in [0.1, 0.15) is 24.2 Å². The minimum absolute atomic E-state index is 0.404. The predicted octanol–water partition coefficient (Wildman–Crippen LogP) is 4.22. The first-order chi connectivity index (χ1) is 6.38. The van der Waals surface area contributed by atoms with E-state index in [1.165, 1.54) is 5.56 Å². The van der Waals surface area contributed by atoms with Crippen LogP contribution in [0.15, 0.2) is 43.0 Å². The van der Waals surface area contributed by atoms with Crippen molar-refractivity contribution in [3.8, 4) is 0 Å². The molecule has 0 nitrogen and oxygen atoms in total. The van der Waals surface area contributed by atoms with Crippen LogP contribution in [0.3, 0.4) is 0 Å². The second-order valence-corrected chi connectivity index (χ2v) is 3.89. The minimum Gasteiger partial charge on any atom is -0.145 e. The molecule has 0 aliphatic rings. The molecule has 0 aromatic heterocycles. The van der Waals surface area contributed by atoms with Crippen molar-refractivity contribution in [3.63, 3.8) is 0 Å². The topological polar surface area (TPSA) is 0 Å². The summed E-state index contributed by atoms with van der Waals surface area (Å²) in [6.45, 7) is 6.00. The fraction of sp³-hybridized carbons (Fsp3) is 0.250. The zero-order valence-corrected chi connectivity index (χ0v) is 8.76. The standard InChI is InChI=1S/C12H15S/c1-3-10-13-12(4-2)11-8-6-5-7-9-11/h4-10,12H,2-3H2,1H3. The van der Waals surface area contributed by atoms with Crippen LogP contribution in [0.4, 0.5) is 0 Å². The van der Waals surface area contributed by atoms with E-state index in [1.807, 2.05) is 23.9 Å². The molecule has 0 bridgehead atoms. The van der Waals surface area contributed by atoms with E-state index in [9.17, 15) is 0 Å². The lowest BCUT2D eigenvalue weighted by molar-refractivity contribution is 1.18. The molecule has 0 spiro atoms. The predicted molar refractivity (Wildman–Crippen MR) is 61.6 cm³/mol. The molecule has 0 N–H and O–H groups in total. The van der Waals surface area contributed by atoms with Crippen LogP contribution in [0.2, 0.25) is 0 Å². The molecule has 1 unspecified atom stereocenters. The van der Waals surface area contributed by atoms with Gasteiger partial charge in [0.25, 0.3) is 0 Å². The Bertz CT molecular complexity index is 241. The molecular weight excluding hydrogens is 176 g/mol. The van der Waals surface area contributed by atoms with Crippen molar-refractivity contribution in [3.05, 3.63) is 54.3 Å². The van der Waals surface area contributed by atoms with Gasteiger partial charge in [-0.15, -0.1) is 18.3 Å². The molecule has 0 saturated heterocycles. The van der Waals surface area contributed by atoms with Gasteiger partial charge in [-0.1, -0.05) is 43.3 Å². The van der Waals surface area contributed by atoms with Gasteiger partial charge in [0, 0.05) is 11.0 Å². The van der Waals surface area contributed by atoms with E-state index >= 15 is 0 Å². The zero-order valence-electron chi connectivity index (χ0n) is 7.94. The first-order valence-electron chi connectivity index (χ1n) is 4.53. The molecule has 1 heteroatoms. The van der Waals surface area contributed by atoms with Gasteiger partial charge in [0.05, 0.1) is 0 Å². The summed E-state index contributed by atoms with van der Waals surface area (Å²) in [4.78, 5) is 0. The molecule has 0 fully saturated rings. The molecule has 0 aliphatic heterocycles. The highest BCUT2D eigenvalue weighted by Crippen LogP contribution is 2.31. The van der Waals surface area contributed by atoms with Gasteiger partial charge in [-0.3, -0.25) is 0 Å². The van der Waals surface area contributed by atoms with Gasteiger partial charge in [0.15, 0.2) is 0 Å². The summed E-state index contributed by atoms with van der Waals surface area (Å²) in [5.74, 6) is 2.22. The van der Waals surface area contributed by atoms with E-state index in [0.717, 1.165) is 6.42 Å². The lowest BCUT2D eigenvalue weighted by Crippen LogP contribution is -1.88. The molecule has 0 heterocycles. The molecule has 1 radical (unpaired) electrons. The first-order valence-corrected chi connectivity index (χ1v) is 5.47. The van der Waals surface area contributed by atoms with Gasteiger partial charge in [-0.05, 0) is 12.0 Å². The first kappa shape index (κ1) is 10.4. The zero-order chi connectivity index (χ0) is 9.52. The number of hydrogen-bond donors (Lipinski definition) is 0. The van der Waals surface area contributed by atoms with E-state index in [4.69, 9.17) is 0 Å². The van der Waals surface area contributed by atoms with Crippen LogP contribution in [0.5, 0.6) is 0 Å². The average Bonchev–Trinajstić information content (AvgIpc) is 2.21. The van der Waals surface area contributed by atoms with E-state index in [1.54, 1.807) is 0 Å². The molecule has 1 atom stereocenters. The van der Waals surface area contributed by atoms with Crippen molar-refractivity contribution in [2.45, 2.75) is 18.6 Å². The largest absolute Gasteiger partial charge is 0.145 e. The molecule has 0 aliphatic carbocycles. The van der Waals surface area contributed by atoms with Crippen LogP contribution in [-0.4, -0.2) is 0 Å². The van der Waals surface area contributed by atoms with Gasteiger partial charge in [0.2, 0.25) is 0 Å². The van der Waals surface area contributed by atoms with Gasteiger partial charge in [-0.2, -0.15) is 0 Å². The Balaban J connectivity index is 2.61. The number of hydrogen-bond acceptors (Lipinski definition) is 1. The maximum atomic E-state index is 3.85. The van der Waals surface area contributed by atoms with Crippen molar-refractivity contribution in [1.29, 1.82) is 0 Å². The van der Waals surface area contributed by atoms with Crippen LogP contribution in [-0.2, 0) is 0 Å². The summed E-state index contributed by atoms with van der Waals surface area (Å²) in [6.07, 6.45) is 3.09. The van der Waals surface area contributed by atoms with E-state index in [2.05, 4.69) is 43.5 Å². The quantitative estimate of drug-likeness (QED) is 0.628. The molecule has 0 amide bonds. The van der Waals surface area contributed by atoms with E-state index in [-0.39, 0.29) is 0 Å². The molecule has 0 saturated carbocycles. The highest BCUT2D eigenvalue weighted by molar-refractivity contribution is 8.01. The van der Waals surface area contributed by atoms with Gasteiger partial charge in [0.1, 0.15) is 0 Å². The summed E-state index contributed by atoms with van der Waals surface area (Å²) in [5, 5.41) is 0.404. The van der Waals surface area contributed by atoms with Crippen LogP contribution in [0, 0.1) is 5.75 Å². The smallest absolute Gasteiger partial charge is 0.0477 e. The Labute approximate surface area is 85.1 Å². The summed E-state index contributed by atoms with van der Waals surface area (Å²) in [5.41, 5.74) is 1.33. The van der Waals surface area contributed by atoms with Crippen LogP contribution in [0.25, 0.3) is 0 Å². The van der Waals surface area contributed by atoms with Gasteiger partial charge >= 0.3 is 0 Å². The molecule has 1 aromatic rings. The molecule has 1 rings (SSSR count). The Kier molecular flexibility index (Phi) is 4.69. The summed E-state index contributed by atoms with van der Waals surface area (Å²) >= 11 is 1.83. The van der Waals surface area contributed by atoms with E-state index < -0.39 is 0 Å². The molecule has 13 heavy (non-hydrogen) atoms. The fourth-order valence-electron chi connectivity index (χ4n) is 1.11. The third-order valence-corrected chi connectivity index (χ3v) is 3.04. The Morgan fingerprint density at radius 2 is 2.08 bits per heavy atom. The third kappa shape index (κ3) is 3.27. The Hall–Kier alpha value is -0.690. The molecule has 69 valence electrons. The van der Waals surface area contributed by atoms with E-state index in [0.29, 0.717) is 5.25 Å². The van der Waals surface area contributed by atoms with Crippen LogP contribution < -0.4 is 0 Å². The molecular formula is C12H15S. The van der Waals surface area contributed by atoms with Crippen LogP contribution >= 0.6 is 11.8 Å². The number of rotatable bonds is 5. The fourth-order valence-corrected chi connectivity index (χ4v) is 1.94. The number of thioether (sulfide) groups is 1. The summed E-state index contributed by atoms with van der Waals surface area (Å²) in [7, 11) is 0. The minimum atomic E-state index is 0.404. The van der Waals surface area contributed by atoms with Crippen molar-refractivity contribution < 1.29 is 0 Å². The van der Waals surface area contributed by atoms with Gasteiger partial charge in [-0.25, -0.2) is 0 Å². The van der Waals surface area contributed by atoms with Crippen molar-refractivity contribution in [2.24, 2.45) is 0 Å². The summed E-state index contributed by atoms with van der Waals surface area (Å²) in [6, 6.07) is 10.5. The summed E-state index contributed by atoms with van der Waals surface area (Å²) < 4.78 is 0. The maximum Gasteiger partial charge on any atom is 0.0477 e. The van der Waals surface area contributed by atoms with Crippen molar-refractivity contribution in [2.75, 3.05) is 0 Å².